The summed E-state index contributed by atoms with van der Waals surface area (Å²) in [5.41, 5.74) is 5.90. The van der Waals surface area contributed by atoms with Crippen molar-refractivity contribution >= 4 is 23.3 Å². The van der Waals surface area contributed by atoms with Gasteiger partial charge in [-0.05, 0) is 62.2 Å². The smallest absolute Gasteiger partial charge is 0.258 e. The Hall–Kier alpha value is -2.63. The second-order valence-corrected chi connectivity index (χ2v) is 7.38. The minimum absolute atomic E-state index is 0. The van der Waals surface area contributed by atoms with Crippen LogP contribution in [0.15, 0.2) is 53.2 Å². The van der Waals surface area contributed by atoms with Crippen molar-refractivity contribution in [3.8, 4) is 22.8 Å². The molecule has 1 aliphatic heterocycles. The predicted octanol–water partition coefficient (Wildman–Crippen LogP) is 5.01. The van der Waals surface area contributed by atoms with Gasteiger partial charge in [-0.3, -0.25) is 0 Å². The maximum Gasteiger partial charge on any atom is 0.258 e. The number of halogens is 1. The fourth-order valence-electron chi connectivity index (χ4n) is 3.94. The molecule has 0 saturated carbocycles. The third-order valence-corrected chi connectivity index (χ3v) is 5.33. The Morgan fingerprint density at radius 2 is 2.04 bits per heavy atom. The Bertz CT molecular complexity index is 1130. The fraction of sp³-hybridized carbons (Fsp3) is 0.273. The zero-order chi connectivity index (χ0) is 18.4. The lowest BCUT2D eigenvalue weighted by Crippen LogP contribution is -2.24. The molecule has 28 heavy (non-hydrogen) atoms. The lowest BCUT2D eigenvalue weighted by molar-refractivity contribution is 0.432. The molecule has 3 heterocycles. The molecule has 5 nitrogen and oxygen atoms in total. The van der Waals surface area contributed by atoms with Crippen molar-refractivity contribution in [2.24, 2.45) is 0 Å². The van der Waals surface area contributed by atoms with Crippen LogP contribution in [0.3, 0.4) is 0 Å². The zero-order valence-electron chi connectivity index (χ0n) is 16.0. The first-order chi connectivity index (χ1) is 13.2. The second-order valence-electron chi connectivity index (χ2n) is 7.38. The summed E-state index contributed by atoms with van der Waals surface area (Å²) in [7, 11) is 0. The molecule has 0 fully saturated rings. The van der Waals surface area contributed by atoms with Gasteiger partial charge >= 0.3 is 0 Å². The van der Waals surface area contributed by atoms with Crippen molar-refractivity contribution in [1.82, 2.24) is 20.0 Å². The van der Waals surface area contributed by atoms with Crippen molar-refractivity contribution in [1.29, 1.82) is 0 Å². The van der Waals surface area contributed by atoms with E-state index in [2.05, 4.69) is 77.5 Å². The van der Waals surface area contributed by atoms with Gasteiger partial charge in [-0.1, -0.05) is 23.4 Å². The highest BCUT2D eigenvalue weighted by atomic mass is 35.5. The fourth-order valence-corrected chi connectivity index (χ4v) is 3.94. The van der Waals surface area contributed by atoms with Crippen LogP contribution in [0.1, 0.15) is 31.0 Å². The average molecular weight is 395 g/mol. The van der Waals surface area contributed by atoms with Crippen LogP contribution in [0.25, 0.3) is 33.7 Å². The van der Waals surface area contributed by atoms with Crippen LogP contribution in [0, 0.1) is 0 Å². The summed E-state index contributed by atoms with van der Waals surface area (Å²) in [6, 6.07) is 15.2. The van der Waals surface area contributed by atoms with Crippen LogP contribution in [0.5, 0.6) is 0 Å². The van der Waals surface area contributed by atoms with Crippen molar-refractivity contribution in [3.05, 3.63) is 59.8 Å². The molecule has 2 aromatic heterocycles. The topological polar surface area (TPSA) is 55.9 Å². The standard InChI is InChI=1S/C22H22N4O.ClH/c1-14(2)26-11-9-15-12-16(6-7-20(15)26)22-24-21(25-27-22)19-5-3-4-17-13-23-10-8-18(17)19;/h3-7,9,11-12,14,23H,8,10,13H2,1-2H3;1H. The van der Waals surface area contributed by atoms with Crippen molar-refractivity contribution < 1.29 is 4.52 Å². The SMILES string of the molecule is CC(C)n1ccc2cc(-c3nc(-c4cccc5c4CCNC5)no3)ccc21.Cl. The Kier molecular flexibility index (Phi) is 4.96. The Labute approximate surface area is 170 Å². The monoisotopic (exact) mass is 394 g/mol. The van der Waals surface area contributed by atoms with E-state index < -0.39 is 0 Å². The quantitative estimate of drug-likeness (QED) is 0.530. The molecule has 0 saturated heterocycles. The van der Waals surface area contributed by atoms with Crippen molar-refractivity contribution in [2.45, 2.75) is 32.9 Å². The average Bonchev–Trinajstić information content (AvgIpc) is 3.34. The zero-order valence-corrected chi connectivity index (χ0v) is 16.8. The minimum atomic E-state index is 0. The van der Waals surface area contributed by atoms with Crippen LogP contribution < -0.4 is 5.32 Å². The highest BCUT2D eigenvalue weighted by Gasteiger charge is 2.18. The van der Waals surface area contributed by atoms with E-state index in [1.54, 1.807) is 0 Å². The number of fused-ring (bicyclic) bond motifs is 2. The van der Waals surface area contributed by atoms with E-state index in [0.717, 1.165) is 30.6 Å². The van der Waals surface area contributed by atoms with E-state index >= 15 is 0 Å². The molecule has 4 aromatic rings. The summed E-state index contributed by atoms with van der Waals surface area (Å²) in [5.74, 6) is 1.24. The molecular formula is C22H23ClN4O. The van der Waals surface area contributed by atoms with Gasteiger partial charge in [0.1, 0.15) is 0 Å². The maximum absolute atomic E-state index is 5.62. The van der Waals surface area contributed by atoms with E-state index in [0.29, 0.717) is 17.8 Å². The highest BCUT2D eigenvalue weighted by molar-refractivity contribution is 5.85. The first-order valence-corrected chi connectivity index (χ1v) is 9.47. The Morgan fingerprint density at radius 1 is 1.14 bits per heavy atom. The van der Waals surface area contributed by atoms with Gasteiger partial charge in [-0.15, -0.1) is 12.4 Å². The van der Waals surface area contributed by atoms with Crippen LogP contribution >= 0.6 is 12.4 Å². The molecular weight excluding hydrogens is 372 g/mol. The van der Waals surface area contributed by atoms with Gasteiger partial charge in [-0.25, -0.2) is 0 Å². The van der Waals surface area contributed by atoms with Crippen molar-refractivity contribution in [2.75, 3.05) is 6.54 Å². The first-order valence-electron chi connectivity index (χ1n) is 9.47. The summed E-state index contributed by atoms with van der Waals surface area (Å²) in [5, 5.41) is 8.87. The molecule has 0 atom stereocenters. The molecule has 0 amide bonds. The third-order valence-electron chi connectivity index (χ3n) is 5.33. The first kappa shape index (κ1) is 18.7. The predicted molar refractivity (Wildman–Crippen MR) is 114 cm³/mol. The molecule has 0 bridgehead atoms. The molecule has 0 unspecified atom stereocenters. The van der Waals surface area contributed by atoms with Gasteiger partial charge in [0.15, 0.2) is 0 Å². The number of rotatable bonds is 3. The molecule has 144 valence electrons. The van der Waals surface area contributed by atoms with Gasteiger partial charge in [0, 0.05) is 40.8 Å². The maximum atomic E-state index is 5.62. The number of aromatic nitrogens is 3. The summed E-state index contributed by atoms with van der Waals surface area (Å²) in [6.45, 7) is 6.26. The lowest BCUT2D eigenvalue weighted by atomic mass is 9.95. The van der Waals surface area contributed by atoms with Crippen LogP contribution in [0.2, 0.25) is 0 Å². The molecule has 0 radical (unpaired) electrons. The largest absolute Gasteiger partial charge is 0.345 e. The number of hydrogen-bond donors (Lipinski definition) is 1. The van der Waals surface area contributed by atoms with Gasteiger partial charge in [-0.2, -0.15) is 4.98 Å². The normalized spacial score (nSPS) is 13.5. The molecule has 5 rings (SSSR count). The summed E-state index contributed by atoms with van der Waals surface area (Å²) in [6.07, 6.45) is 3.12. The van der Waals surface area contributed by atoms with Gasteiger partial charge in [0.25, 0.3) is 5.89 Å². The molecule has 0 aliphatic carbocycles. The van der Waals surface area contributed by atoms with E-state index in [-0.39, 0.29) is 12.4 Å². The van der Waals surface area contributed by atoms with Crippen LogP contribution in [0.4, 0.5) is 0 Å². The molecule has 2 aromatic carbocycles. The third kappa shape index (κ3) is 3.11. The molecule has 0 spiro atoms. The van der Waals surface area contributed by atoms with Gasteiger partial charge in [0.2, 0.25) is 5.82 Å². The van der Waals surface area contributed by atoms with E-state index in [1.807, 2.05) is 0 Å². The van der Waals surface area contributed by atoms with Gasteiger partial charge < -0.3 is 14.4 Å². The summed E-state index contributed by atoms with van der Waals surface area (Å²) in [4.78, 5) is 4.70. The van der Waals surface area contributed by atoms with Crippen LogP contribution in [-0.4, -0.2) is 21.3 Å². The molecule has 1 N–H and O–H groups in total. The van der Waals surface area contributed by atoms with E-state index in [1.165, 1.54) is 22.0 Å². The van der Waals surface area contributed by atoms with Crippen molar-refractivity contribution in [3.63, 3.8) is 0 Å². The lowest BCUT2D eigenvalue weighted by Gasteiger charge is -2.18. The Balaban J connectivity index is 0.00000192. The van der Waals surface area contributed by atoms with E-state index in [4.69, 9.17) is 9.51 Å². The number of hydrogen-bond acceptors (Lipinski definition) is 4. The Morgan fingerprint density at radius 3 is 2.89 bits per heavy atom. The second kappa shape index (κ2) is 7.41. The minimum Gasteiger partial charge on any atom is -0.345 e. The number of nitrogens with zero attached hydrogens (tertiary/aromatic N) is 3. The highest BCUT2D eigenvalue weighted by Crippen LogP contribution is 2.30. The van der Waals surface area contributed by atoms with E-state index in [9.17, 15) is 0 Å². The summed E-state index contributed by atoms with van der Waals surface area (Å²) < 4.78 is 7.88. The molecule has 6 heteroatoms. The summed E-state index contributed by atoms with van der Waals surface area (Å²) >= 11 is 0. The number of nitrogens with one attached hydrogen (secondary N) is 1. The molecule has 1 aliphatic rings. The number of benzene rings is 2. The van der Waals surface area contributed by atoms with Gasteiger partial charge in [0.05, 0.1) is 0 Å². The van der Waals surface area contributed by atoms with Crippen LogP contribution in [-0.2, 0) is 13.0 Å².